The van der Waals surface area contributed by atoms with Crippen LogP contribution in [0.25, 0.3) is 0 Å². The monoisotopic (exact) mass is 499 g/mol. The van der Waals surface area contributed by atoms with E-state index in [-0.39, 0.29) is 12.3 Å². The van der Waals surface area contributed by atoms with Crippen molar-refractivity contribution in [3.8, 4) is 11.5 Å². The minimum atomic E-state index is -0.538. The van der Waals surface area contributed by atoms with E-state index in [1.54, 1.807) is 48.5 Å². The number of ether oxygens (including phenoxy) is 2. The van der Waals surface area contributed by atoms with Gasteiger partial charge in [0.2, 0.25) is 0 Å². The van der Waals surface area contributed by atoms with Gasteiger partial charge >= 0.3 is 0 Å². The van der Waals surface area contributed by atoms with Crippen LogP contribution >= 0.6 is 15.9 Å². The average molecular weight is 500 g/mol. The highest BCUT2D eigenvalue weighted by Gasteiger charge is 2.10. The molecule has 0 heterocycles. The van der Waals surface area contributed by atoms with Gasteiger partial charge in [0.1, 0.15) is 17.3 Å². The van der Waals surface area contributed by atoms with E-state index in [0.29, 0.717) is 22.6 Å². The van der Waals surface area contributed by atoms with E-state index in [1.807, 2.05) is 0 Å². The number of rotatable bonds is 8. The van der Waals surface area contributed by atoms with E-state index in [2.05, 4.69) is 31.8 Å². The van der Waals surface area contributed by atoms with Gasteiger partial charge in [-0.15, -0.1) is 0 Å². The van der Waals surface area contributed by atoms with Gasteiger partial charge in [-0.05, 0) is 48.5 Å². The van der Waals surface area contributed by atoms with Crippen molar-refractivity contribution >= 4 is 39.6 Å². The summed E-state index contributed by atoms with van der Waals surface area (Å²) in [5, 5.41) is 6.41. The van der Waals surface area contributed by atoms with E-state index in [1.165, 1.54) is 31.5 Å². The molecule has 2 amide bonds. The van der Waals surface area contributed by atoms with Gasteiger partial charge in [-0.1, -0.05) is 34.1 Å². The standard InChI is InChI=1S/C23H19BrFN3O4/c1-31-18-6-4-5-15(12-18)23(30)28-26-13-16-11-17(24)9-10-21(16)32-14-22(29)27-20-8-3-2-7-19(20)25/h2-13H,14H2,1H3,(H,27,29)(H,28,30). The maximum absolute atomic E-state index is 13.7. The first kappa shape index (κ1) is 23.0. The van der Waals surface area contributed by atoms with Gasteiger partial charge in [0.15, 0.2) is 6.61 Å². The summed E-state index contributed by atoms with van der Waals surface area (Å²) in [6, 6.07) is 17.6. The second-order valence-electron chi connectivity index (χ2n) is 6.43. The second-order valence-corrected chi connectivity index (χ2v) is 7.35. The number of amides is 2. The van der Waals surface area contributed by atoms with Crippen molar-refractivity contribution in [2.24, 2.45) is 5.10 Å². The molecule has 3 rings (SSSR count). The van der Waals surface area contributed by atoms with Gasteiger partial charge in [0.05, 0.1) is 19.0 Å². The third-order valence-electron chi connectivity index (χ3n) is 4.18. The lowest BCUT2D eigenvalue weighted by molar-refractivity contribution is -0.118. The highest BCUT2D eigenvalue weighted by Crippen LogP contribution is 2.22. The summed E-state index contributed by atoms with van der Waals surface area (Å²) in [7, 11) is 1.51. The van der Waals surface area contributed by atoms with Gasteiger partial charge in [-0.2, -0.15) is 5.10 Å². The van der Waals surface area contributed by atoms with Gasteiger partial charge in [0.25, 0.3) is 11.8 Å². The van der Waals surface area contributed by atoms with Crippen LogP contribution in [-0.4, -0.2) is 31.7 Å². The molecule has 0 bridgehead atoms. The van der Waals surface area contributed by atoms with Crippen molar-refractivity contribution in [3.05, 3.63) is 88.1 Å². The highest BCUT2D eigenvalue weighted by atomic mass is 79.9. The minimum absolute atomic E-state index is 0.0685. The van der Waals surface area contributed by atoms with E-state index in [9.17, 15) is 14.0 Å². The molecule has 0 aromatic heterocycles. The number of carbonyl (C=O) groups is 2. The number of anilines is 1. The first-order valence-corrected chi connectivity index (χ1v) is 10.2. The van der Waals surface area contributed by atoms with Gasteiger partial charge in [-0.25, -0.2) is 9.82 Å². The largest absolute Gasteiger partial charge is 0.497 e. The normalized spacial score (nSPS) is 10.6. The molecule has 0 aliphatic rings. The topological polar surface area (TPSA) is 89.0 Å². The third-order valence-corrected chi connectivity index (χ3v) is 4.67. The molecule has 32 heavy (non-hydrogen) atoms. The fourth-order valence-electron chi connectivity index (χ4n) is 2.63. The summed E-state index contributed by atoms with van der Waals surface area (Å²) in [6.07, 6.45) is 1.40. The zero-order valence-electron chi connectivity index (χ0n) is 17.0. The summed E-state index contributed by atoms with van der Waals surface area (Å²) >= 11 is 3.36. The van der Waals surface area contributed by atoms with Crippen LogP contribution in [0.4, 0.5) is 10.1 Å². The van der Waals surface area contributed by atoms with Crippen molar-refractivity contribution in [3.63, 3.8) is 0 Å². The van der Waals surface area contributed by atoms with Crippen LogP contribution in [0.15, 0.2) is 76.3 Å². The number of hydrogen-bond donors (Lipinski definition) is 2. The minimum Gasteiger partial charge on any atom is -0.497 e. The Morgan fingerprint density at radius 2 is 1.91 bits per heavy atom. The van der Waals surface area contributed by atoms with E-state index in [4.69, 9.17) is 9.47 Å². The van der Waals surface area contributed by atoms with Crippen LogP contribution < -0.4 is 20.2 Å². The second kappa shape index (κ2) is 11.1. The molecule has 164 valence electrons. The highest BCUT2D eigenvalue weighted by molar-refractivity contribution is 9.10. The predicted molar refractivity (Wildman–Crippen MR) is 123 cm³/mol. The fraction of sp³-hybridized carbons (Fsp3) is 0.0870. The van der Waals surface area contributed by atoms with Crippen molar-refractivity contribution < 1.29 is 23.5 Å². The molecule has 0 saturated carbocycles. The van der Waals surface area contributed by atoms with E-state index >= 15 is 0 Å². The summed E-state index contributed by atoms with van der Waals surface area (Å²) < 4.78 is 25.1. The number of halogens is 2. The van der Waals surface area contributed by atoms with Crippen LogP contribution in [0.3, 0.4) is 0 Å². The zero-order valence-corrected chi connectivity index (χ0v) is 18.6. The number of hydrazone groups is 1. The number of methoxy groups -OCH3 is 1. The summed E-state index contributed by atoms with van der Waals surface area (Å²) in [4.78, 5) is 24.4. The third kappa shape index (κ3) is 6.39. The first-order valence-electron chi connectivity index (χ1n) is 9.40. The molecule has 0 unspecified atom stereocenters. The molecule has 0 spiro atoms. The molecular formula is C23H19BrFN3O4. The summed E-state index contributed by atoms with van der Waals surface area (Å²) in [5.74, 6) is -0.563. The fourth-order valence-corrected chi connectivity index (χ4v) is 3.01. The van der Waals surface area contributed by atoms with Crippen LogP contribution in [0, 0.1) is 5.82 Å². The zero-order chi connectivity index (χ0) is 22.9. The molecule has 9 heteroatoms. The molecule has 0 saturated heterocycles. The van der Waals surface area contributed by atoms with Crippen LogP contribution in [0.5, 0.6) is 11.5 Å². The van der Waals surface area contributed by atoms with Gasteiger partial charge in [0, 0.05) is 15.6 Å². The van der Waals surface area contributed by atoms with E-state index < -0.39 is 17.6 Å². The Hall–Kier alpha value is -3.72. The number of carbonyl (C=O) groups excluding carboxylic acids is 2. The van der Waals surface area contributed by atoms with Crippen molar-refractivity contribution in [1.82, 2.24) is 5.43 Å². The Bertz CT molecular complexity index is 1150. The Kier molecular flexibility index (Phi) is 7.93. The molecule has 0 aliphatic carbocycles. The number of nitrogens with zero attached hydrogens (tertiary/aromatic N) is 1. The quantitative estimate of drug-likeness (QED) is 0.355. The van der Waals surface area contributed by atoms with Crippen molar-refractivity contribution in [2.45, 2.75) is 0 Å². The van der Waals surface area contributed by atoms with Crippen LogP contribution in [0.2, 0.25) is 0 Å². The van der Waals surface area contributed by atoms with Gasteiger partial charge in [-0.3, -0.25) is 9.59 Å². The number of para-hydroxylation sites is 1. The molecule has 0 radical (unpaired) electrons. The van der Waals surface area contributed by atoms with E-state index in [0.717, 1.165) is 4.47 Å². The summed E-state index contributed by atoms with van der Waals surface area (Å²) in [6.45, 7) is -0.340. The lowest BCUT2D eigenvalue weighted by Gasteiger charge is -2.10. The lowest BCUT2D eigenvalue weighted by atomic mass is 10.2. The molecule has 3 aromatic carbocycles. The van der Waals surface area contributed by atoms with Crippen molar-refractivity contribution in [2.75, 3.05) is 19.0 Å². The maximum atomic E-state index is 13.7. The maximum Gasteiger partial charge on any atom is 0.271 e. The molecule has 0 fully saturated rings. The Morgan fingerprint density at radius 1 is 1.09 bits per heavy atom. The number of nitrogens with one attached hydrogen (secondary N) is 2. The van der Waals surface area contributed by atoms with Crippen molar-refractivity contribution in [1.29, 1.82) is 0 Å². The van der Waals surface area contributed by atoms with Crippen LogP contribution in [-0.2, 0) is 4.79 Å². The number of hydrogen-bond acceptors (Lipinski definition) is 5. The molecule has 7 nitrogen and oxygen atoms in total. The average Bonchev–Trinajstić information content (AvgIpc) is 2.80. The lowest BCUT2D eigenvalue weighted by Crippen LogP contribution is -2.21. The molecule has 3 aromatic rings. The SMILES string of the molecule is COc1cccc(C(=O)NN=Cc2cc(Br)ccc2OCC(=O)Nc2ccccc2F)c1. The van der Waals surface area contributed by atoms with Crippen LogP contribution in [0.1, 0.15) is 15.9 Å². The van der Waals surface area contributed by atoms with Gasteiger partial charge < -0.3 is 14.8 Å². The smallest absolute Gasteiger partial charge is 0.271 e. The Balaban J connectivity index is 1.63. The molecule has 0 aliphatic heterocycles. The summed E-state index contributed by atoms with van der Waals surface area (Å²) in [5.41, 5.74) is 3.40. The molecular weight excluding hydrogens is 481 g/mol. The number of benzene rings is 3. The predicted octanol–water partition coefficient (Wildman–Crippen LogP) is 4.38. The Morgan fingerprint density at radius 3 is 2.69 bits per heavy atom. The molecule has 0 atom stereocenters. The Labute approximate surface area is 192 Å². The molecule has 2 N–H and O–H groups in total. The first-order chi connectivity index (χ1) is 15.5.